The summed E-state index contributed by atoms with van der Waals surface area (Å²) < 4.78 is 5.42. The van der Waals surface area contributed by atoms with Gasteiger partial charge in [0.05, 0.1) is 6.61 Å². The van der Waals surface area contributed by atoms with E-state index in [1.807, 2.05) is 12.1 Å². The fourth-order valence-corrected chi connectivity index (χ4v) is 4.12. The van der Waals surface area contributed by atoms with Crippen molar-refractivity contribution in [1.82, 2.24) is 0 Å². The average molecular weight is 413 g/mol. The molecule has 1 aromatic carbocycles. The Morgan fingerprint density at radius 3 is 2.32 bits per heavy atom. The Bertz CT molecular complexity index is 804. The van der Waals surface area contributed by atoms with Gasteiger partial charge in [-0.2, -0.15) is 0 Å². The van der Waals surface area contributed by atoms with Gasteiger partial charge in [-0.1, -0.05) is 76.7 Å². The maximum Gasteiger partial charge on any atom is 0.348 e. The third kappa shape index (κ3) is 8.04. The highest BCUT2D eigenvalue weighted by atomic mass is 32.1. The van der Waals surface area contributed by atoms with E-state index in [0.29, 0.717) is 11.5 Å². The van der Waals surface area contributed by atoms with Crippen LogP contribution in [0, 0.1) is 11.5 Å². The van der Waals surface area contributed by atoms with Crippen LogP contribution in [0.15, 0.2) is 36.4 Å². The number of carbonyl (C=O) groups is 1. The Morgan fingerprint density at radius 1 is 0.964 bits per heavy atom. The molecular weight excluding hydrogens is 380 g/mol. The molecule has 1 aromatic heterocycles. The maximum atomic E-state index is 12.2. The molecule has 2 rings (SSSR count). The molecule has 0 fully saturated rings. The molecule has 0 bridgehead atoms. The number of unbranched alkanes of at least 4 members (excludes halogenated alkanes) is 5. The van der Waals surface area contributed by atoms with Crippen LogP contribution in [-0.4, -0.2) is 20.7 Å². The Balaban J connectivity index is 1.85. The van der Waals surface area contributed by atoms with Gasteiger partial charge in [0.25, 0.3) is 0 Å². The van der Waals surface area contributed by atoms with Crippen LogP contribution in [0.1, 0.15) is 60.7 Å². The number of benzene rings is 1. The monoisotopic (exact) mass is 412 g/mol. The van der Waals surface area contributed by atoms with Gasteiger partial charge in [-0.25, -0.2) is 4.79 Å². The van der Waals surface area contributed by atoms with Crippen molar-refractivity contribution >= 4 is 25.4 Å². The molecule has 2 aromatic rings. The lowest BCUT2D eigenvalue weighted by Crippen LogP contribution is -2.16. The topological polar surface area (TPSA) is 26.3 Å². The number of thiophene rings is 1. The summed E-state index contributed by atoms with van der Waals surface area (Å²) in [6, 6.07) is 12.1. The smallest absolute Gasteiger partial charge is 0.348 e. The summed E-state index contributed by atoms with van der Waals surface area (Å²) in [5.41, 5.74) is 5.54. The fourth-order valence-electron chi connectivity index (χ4n) is 2.70. The highest BCUT2D eigenvalue weighted by Gasteiger charge is 2.12. The first kappa shape index (κ1) is 22.5. The van der Waals surface area contributed by atoms with Gasteiger partial charge in [0.2, 0.25) is 0 Å². The number of ether oxygens (including phenoxy) is 1. The fraction of sp³-hybridized carbons (Fsp3) is 0.458. The summed E-state index contributed by atoms with van der Waals surface area (Å²) in [5, 5.41) is 0. The molecule has 0 amide bonds. The number of hydrogen-bond donors (Lipinski definition) is 0. The molecule has 4 heteroatoms. The number of hydrogen-bond acceptors (Lipinski definition) is 3. The Kier molecular flexibility index (Phi) is 9.01. The molecule has 0 saturated heterocycles. The molecule has 2 nitrogen and oxygen atoms in total. The second kappa shape index (κ2) is 11.2. The zero-order valence-electron chi connectivity index (χ0n) is 17.6. The van der Waals surface area contributed by atoms with Crippen LogP contribution in [0.5, 0.6) is 0 Å². The van der Waals surface area contributed by atoms with Crippen molar-refractivity contribution in [2.45, 2.75) is 65.1 Å². The van der Waals surface area contributed by atoms with E-state index in [9.17, 15) is 4.79 Å². The number of rotatable bonds is 9. The molecule has 0 aliphatic rings. The molecular formula is C24H32O2SSi. The largest absolute Gasteiger partial charge is 0.462 e. The SMILES string of the molecule is CCCCCCCCOC(=O)c1ccc(-c2ccc(C#C[Si](C)(C)C)cc2)s1. The lowest BCUT2D eigenvalue weighted by molar-refractivity contribution is 0.0503. The second-order valence-corrected chi connectivity index (χ2v) is 14.0. The third-order valence-electron chi connectivity index (χ3n) is 4.29. The van der Waals surface area contributed by atoms with Crippen molar-refractivity contribution in [3.8, 4) is 21.9 Å². The minimum absolute atomic E-state index is 0.206. The van der Waals surface area contributed by atoms with Crippen molar-refractivity contribution in [1.29, 1.82) is 0 Å². The van der Waals surface area contributed by atoms with E-state index in [1.165, 1.54) is 37.0 Å². The van der Waals surface area contributed by atoms with Crippen molar-refractivity contribution in [3.63, 3.8) is 0 Å². The zero-order chi connectivity index (χ0) is 20.4. The molecule has 0 spiro atoms. The maximum absolute atomic E-state index is 12.2. The van der Waals surface area contributed by atoms with E-state index in [1.54, 1.807) is 0 Å². The summed E-state index contributed by atoms with van der Waals surface area (Å²) in [7, 11) is -1.36. The minimum Gasteiger partial charge on any atom is -0.462 e. The van der Waals surface area contributed by atoms with Crippen LogP contribution in [0.4, 0.5) is 0 Å². The normalized spacial score (nSPS) is 11.0. The molecule has 150 valence electrons. The van der Waals surface area contributed by atoms with Crippen LogP contribution in [-0.2, 0) is 4.74 Å². The van der Waals surface area contributed by atoms with Gasteiger partial charge < -0.3 is 4.74 Å². The van der Waals surface area contributed by atoms with E-state index < -0.39 is 8.07 Å². The van der Waals surface area contributed by atoms with Gasteiger partial charge >= 0.3 is 5.97 Å². The molecule has 0 atom stereocenters. The average Bonchev–Trinajstić information content (AvgIpc) is 3.15. The predicted octanol–water partition coefficient (Wildman–Crippen LogP) is 7.16. The Hall–Kier alpha value is -1.83. The standard InChI is InChI=1S/C24H32O2SSi/c1-5-6-7-8-9-10-18-26-24(25)23-16-15-22(27-23)21-13-11-20(12-14-21)17-19-28(2,3)4/h11-16H,5-10,18H2,1-4H3. The first-order valence-corrected chi connectivity index (χ1v) is 14.6. The summed E-state index contributed by atoms with van der Waals surface area (Å²) in [5.74, 6) is 3.07. The van der Waals surface area contributed by atoms with E-state index in [-0.39, 0.29) is 5.97 Å². The van der Waals surface area contributed by atoms with Crippen molar-refractivity contribution in [2.75, 3.05) is 6.61 Å². The van der Waals surface area contributed by atoms with E-state index in [4.69, 9.17) is 4.74 Å². The molecule has 0 aliphatic heterocycles. The molecule has 0 aliphatic carbocycles. The van der Waals surface area contributed by atoms with E-state index >= 15 is 0 Å². The minimum atomic E-state index is -1.36. The Labute approximate surface area is 175 Å². The van der Waals surface area contributed by atoms with E-state index in [2.05, 4.69) is 62.3 Å². The molecule has 0 saturated carbocycles. The molecule has 0 N–H and O–H groups in total. The zero-order valence-corrected chi connectivity index (χ0v) is 19.5. The number of carbonyl (C=O) groups excluding carboxylic acids is 1. The molecule has 1 heterocycles. The molecule has 28 heavy (non-hydrogen) atoms. The quantitative estimate of drug-likeness (QED) is 0.189. The van der Waals surface area contributed by atoms with Gasteiger partial charge in [-0.05, 0) is 36.2 Å². The van der Waals surface area contributed by atoms with Crippen LogP contribution in [0.3, 0.4) is 0 Å². The lowest BCUT2D eigenvalue weighted by atomic mass is 10.1. The first-order chi connectivity index (χ1) is 13.4. The van der Waals surface area contributed by atoms with Crippen LogP contribution in [0.25, 0.3) is 10.4 Å². The van der Waals surface area contributed by atoms with Crippen molar-refractivity contribution in [2.24, 2.45) is 0 Å². The van der Waals surface area contributed by atoms with Gasteiger partial charge in [0, 0.05) is 10.4 Å². The van der Waals surface area contributed by atoms with E-state index in [0.717, 1.165) is 28.8 Å². The van der Waals surface area contributed by atoms with Crippen LogP contribution < -0.4 is 0 Å². The molecule has 0 radical (unpaired) electrons. The number of esters is 1. The van der Waals surface area contributed by atoms with Gasteiger partial charge in [0.15, 0.2) is 0 Å². The molecule has 0 unspecified atom stereocenters. The summed E-state index contributed by atoms with van der Waals surface area (Å²) in [6.45, 7) is 9.46. The first-order valence-electron chi connectivity index (χ1n) is 10.3. The van der Waals surface area contributed by atoms with Crippen LogP contribution in [0.2, 0.25) is 19.6 Å². The van der Waals surface area contributed by atoms with Gasteiger partial charge in [-0.3, -0.25) is 0 Å². The van der Waals surface area contributed by atoms with Gasteiger partial charge in [-0.15, -0.1) is 16.9 Å². The van der Waals surface area contributed by atoms with Crippen LogP contribution >= 0.6 is 11.3 Å². The third-order valence-corrected chi connectivity index (χ3v) is 6.28. The second-order valence-electron chi connectivity index (χ2n) is 8.14. The predicted molar refractivity (Wildman–Crippen MR) is 124 cm³/mol. The summed E-state index contributed by atoms with van der Waals surface area (Å²) in [4.78, 5) is 14.0. The summed E-state index contributed by atoms with van der Waals surface area (Å²) in [6.07, 6.45) is 7.14. The highest BCUT2D eigenvalue weighted by Crippen LogP contribution is 2.28. The van der Waals surface area contributed by atoms with Crippen molar-refractivity contribution in [3.05, 3.63) is 46.8 Å². The van der Waals surface area contributed by atoms with Gasteiger partial charge in [0.1, 0.15) is 13.0 Å². The summed E-state index contributed by atoms with van der Waals surface area (Å²) >= 11 is 1.49. The Morgan fingerprint density at radius 2 is 1.64 bits per heavy atom. The lowest BCUT2D eigenvalue weighted by Gasteiger charge is -2.04. The highest BCUT2D eigenvalue weighted by molar-refractivity contribution is 7.17. The van der Waals surface area contributed by atoms with Crippen molar-refractivity contribution < 1.29 is 9.53 Å².